The summed E-state index contributed by atoms with van der Waals surface area (Å²) in [5, 5.41) is 0.359. The Morgan fingerprint density at radius 2 is 1.70 bits per heavy atom. The summed E-state index contributed by atoms with van der Waals surface area (Å²) in [7, 11) is 0. The van der Waals surface area contributed by atoms with E-state index >= 15 is 0 Å². The van der Waals surface area contributed by atoms with Gasteiger partial charge in [0.25, 0.3) is 0 Å². The molecule has 0 saturated carbocycles. The van der Waals surface area contributed by atoms with Crippen LogP contribution in [0.25, 0.3) is 0 Å². The van der Waals surface area contributed by atoms with Crippen LogP contribution in [-0.4, -0.2) is 13.2 Å². The van der Waals surface area contributed by atoms with E-state index in [1.165, 1.54) is 10.5 Å². The van der Waals surface area contributed by atoms with Gasteiger partial charge in [0.05, 0.1) is 0 Å². The van der Waals surface area contributed by atoms with Crippen LogP contribution in [-0.2, 0) is 0 Å². The molecule has 2 aromatic rings. The molecule has 0 amide bonds. The molecular weight excluding hydrogens is 270 g/mol. The van der Waals surface area contributed by atoms with Gasteiger partial charge in [-0.15, -0.1) is 11.8 Å². The molecule has 0 spiro atoms. The molecule has 20 heavy (non-hydrogen) atoms. The molecule has 0 bridgehead atoms. The van der Waals surface area contributed by atoms with Crippen LogP contribution in [0.4, 0.5) is 5.69 Å². The lowest BCUT2D eigenvalue weighted by Gasteiger charge is -2.19. The standard InChI is InChI=1S/C16H17NO2S/c1-11(12-2-4-13(17)5-3-12)20-14-6-7-15-16(10-14)19-9-8-18-15/h2-7,10-11H,8-9,17H2,1H3. The van der Waals surface area contributed by atoms with Crippen LogP contribution < -0.4 is 15.2 Å². The molecule has 0 radical (unpaired) electrons. The van der Waals surface area contributed by atoms with Crippen LogP contribution in [0.5, 0.6) is 11.5 Å². The van der Waals surface area contributed by atoms with Gasteiger partial charge in [-0.3, -0.25) is 0 Å². The summed E-state index contributed by atoms with van der Waals surface area (Å²) in [4.78, 5) is 1.18. The van der Waals surface area contributed by atoms with Gasteiger partial charge < -0.3 is 15.2 Å². The quantitative estimate of drug-likeness (QED) is 0.687. The van der Waals surface area contributed by atoms with Crippen LogP contribution in [0.1, 0.15) is 17.7 Å². The van der Waals surface area contributed by atoms with Crippen molar-refractivity contribution in [3.63, 3.8) is 0 Å². The topological polar surface area (TPSA) is 44.5 Å². The van der Waals surface area contributed by atoms with Gasteiger partial charge in [0, 0.05) is 15.8 Å². The third kappa shape index (κ3) is 2.85. The number of nitrogen functional groups attached to an aromatic ring is 1. The Labute approximate surface area is 123 Å². The van der Waals surface area contributed by atoms with Crippen molar-refractivity contribution in [3.05, 3.63) is 48.0 Å². The number of nitrogens with two attached hydrogens (primary N) is 1. The summed E-state index contributed by atoms with van der Waals surface area (Å²) in [5.41, 5.74) is 7.78. The second kappa shape index (κ2) is 5.67. The van der Waals surface area contributed by atoms with Crippen molar-refractivity contribution in [1.29, 1.82) is 0 Å². The Bertz CT molecular complexity index is 598. The van der Waals surface area contributed by atoms with Gasteiger partial charge >= 0.3 is 0 Å². The third-order valence-corrected chi connectivity index (χ3v) is 4.38. The first-order valence-electron chi connectivity index (χ1n) is 6.64. The monoisotopic (exact) mass is 287 g/mol. The third-order valence-electron chi connectivity index (χ3n) is 3.23. The average molecular weight is 287 g/mol. The molecule has 3 nitrogen and oxygen atoms in total. The predicted molar refractivity (Wildman–Crippen MR) is 82.6 cm³/mol. The second-order valence-corrected chi connectivity index (χ2v) is 6.15. The summed E-state index contributed by atoms with van der Waals surface area (Å²) >= 11 is 1.80. The minimum absolute atomic E-state index is 0.359. The minimum Gasteiger partial charge on any atom is -0.486 e. The molecule has 2 aromatic carbocycles. The Balaban J connectivity index is 1.75. The van der Waals surface area contributed by atoms with E-state index < -0.39 is 0 Å². The molecule has 0 aliphatic carbocycles. The highest BCUT2D eigenvalue weighted by Crippen LogP contribution is 2.39. The summed E-state index contributed by atoms with van der Waals surface area (Å²) in [6.45, 7) is 3.43. The van der Waals surface area contributed by atoms with E-state index in [9.17, 15) is 0 Å². The van der Waals surface area contributed by atoms with Gasteiger partial charge in [-0.1, -0.05) is 12.1 Å². The predicted octanol–water partition coefficient (Wildman–Crippen LogP) is 3.89. The highest BCUT2D eigenvalue weighted by Gasteiger charge is 2.14. The lowest BCUT2D eigenvalue weighted by atomic mass is 10.1. The van der Waals surface area contributed by atoms with Crippen molar-refractivity contribution >= 4 is 17.4 Å². The number of hydrogen-bond acceptors (Lipinski definition) is 4. The van der Waals surface area contributed by atoms with E-state index in [2.05, 4.69) is 25.1 Å². The number of thioether (sulfide) groups is 1. The number of rotatable bonds is 3. The number of anilines is 1. The van der Waals surface area contributed by atoms with Gasteiger partial charge in [-0.2, -0.15) is 0 Å². The Morgan fingerprint density at radius 3 is 2.45 bits per heavy atom. The number of ether oxygens (including phenoxy) is 2. The molecule has 104 valence electrons. The molecule has 1 atom stereocenters. The van der Waals surface area contributed by atoms with Crippen molar-refractivity contribution < 1.29 is 9.47 Å². The molecule has 0 fully saturated rings. The van der Waals surface area contributed by atoms with Gasteiger partial charge in [0.2, 0.25) is 0 Å². The summed E-state index contributed by atoms with van der Waals surface area (Å²) in [5.74, 6) is 1.67. The maximum absolute atomic E-state index is 5.72. The smallest absolute Gasteiger partial charge is 0.162 e. The van der Waals surface area contributed by atoms with E-state index in [1.54, 1.807) is 11.8 Å². The Kier molecular flexibility index (Phi) is 3.74. The number of hydrogen-bond donors (Lipinski definition) is 1. The summed E-state index contributed by atoms with van der Waals surface area (Å²) < 4.78 is 11.1. The van der Waals surface area contributed by atoms with Gasteiger partial charge in [0.1, 0.15) is 13.2 Å². The Hall–Kier alpha value is -1.81. The summed E-state index contributed by atoms with van der Waals surface area (Å²) in [6.07, 6.45) is 0. The molecule has 0 saturated heterocycles. The lowest BCUT2D eigenvalue weighted by molar-refractivity contribution is 0.171. The largest absolute Gasteiger partial charge is 0.486 e. The van der Waals surface area contributed by atoms with Crippen molar-refractivity contribution in [2.45, 2.75) is 17.1 Å². The van der Waals surface area contributed by atoms with Crippen LogP contribution in [0, 0.1) is 0 Å². The second-order valence-electron chi connectivity index (χ2n) is 4.73. The van der Waals surface area contributed by atoms with Crippen molar-refractivity contribution in [2.24, 2.45) is 0 Å². The van der Waals surface area contributed by atoms with Crippen molar-refractivity contribution in [3.8, 4) is 11.5 Å². The fourth-order valence-corrected chi connectivity index (χ4v) is 3.16. The van der Waals surface area contributed by atoms with Crippen LogP contribution in [0.15, 0.2) is 47.4 Å². The average Bonchev–Trinajstić information content (AvgIpc) is 2.48. The normalized spacial score (nSPS) is 14.8. The molecule has 1 unspecified atom stereocenters. The van der Waals surface area contributed by atoms with Crippen molar-refractivity contribution in [2.75, 3.05) is 18.9 Å². The molecular formula is C16H17NO2S. The lowest BCUT2D eigenvalue weighted by Crippen LogP contribution is -2.15. The molecule has 1 aliphatic heterocycles. The molecule has 3 rings (SSSR count). The zero-order valence-corrected chi connectivity index (χ0v) is 12.2. The van der Waals surface area contributed by atoms with Gasteiger partial charge in [-0.25, -0.2) is 0 Å². The van der Waals surface area contributed by atoms with E-state index in [-0.39, 0.29) is 0 Å². The maximum atomic E-state index is 5.72. The van der Waals surface area contributed by atoms with Crippen LogP contribution >= 0.6 is 11.8 Å². The summed E-state index contributed by atoms with van der Waals surface area (Å²) in [6, 6.07) is 14.1. The minimum atomic E-state index is 0.359. The van der Waals surface area contributed by atoms with Gasteiger partial charge in [0.15, 0.2) is 11.5 Å². The Morgan fingerprint density at radius 1 is 1.00 bits per heavy atom. The van der Waals surface area contributed by atoms with Crippen LogP contribution in [0.2, 0.25) is 0 Å². The fraction of sp³-hybridized carbons (Fsp3) is 0.250. The fourth-order valence-electron chi connectivity index (χ4n) is 2.14. The zero-order valence-electron chi connectivity index (χ0n) is 11.3. The zero-order chi connectivity index (χ0) is 13.9. The van der Waals surface area contributed by atoms with Crippen LogP contribution in [0.3, 0.4) is 0 Å². The SMILES string of the molecule is CC(Sc1ccc2c(c1)OCCO2)c1ccc(N)cc1. The van der Waals surface area contributed by atoms with E-state index in [0.717, 1.165) is 17.2 Å². The van der Waals surface area contributed by atoms with Crippen molar-refractivity contribution in [1.82, 2.24) is 0 Å². The highest BCUT2D eigenvalue weighted by atomic mass is 32.2. The molecule has 1 aliphatic rings. The van der Waals surface area contributed by atoms with E-state index in [1.807, 2.05) is 24.3 Å². The first-order chi connectivity index (χ1) is 9.72. The molecule has 2 N–H and O–H groups in total. The van der Waals surface area contributed by atoms with E-state index in [4.69, 9.17) is 15.2 Å². The first kappa shape index (κ1) is 13.2. The highest BCUT2D eigenvalue weighted by molar-refractivity contribution is 7.99. The first-order valence-corrected chi connectivity index (χ1v) is 7.52. The van der Waals surface area contributed by atoms with E-state index in [0.29, 0.717) is 18.5 Å². The number of benzene rings is 2. The number of fused-ring (bicyclic) bond motifs is 1. The maximum Gasteiger partial charge on any atom is 0.162 e. The molecule has 0 aromatic heterocycles. The van der Waals surface area contributed by atoms with Gasteiger partial charge in [-0.05, 0) is 42.8 Å². The molecule has 4 heteroatoms. The molecule has 1 heterocycles.